The van der Waals surface area contributed by atoms with Gasteiger partial charge in [-0.05, 0) is 45.9 Å². The SMILES string of the molecule is CC1(C)OB(c2cc(NCc3cnc(Cl)s3)ccc2F)OC1(C)C. The molecule has 1 aliphatic heterocycles. The molecule has 128 valence electrons. The van der Waals surface area contributed by atoms with E-state index in [-0.39, 0.29) is 5.82 Å². The van der Waals surface area contributed by atoms with Gasteiger partial charge >= 0.3 is 7.12 Å². The molecular formula is C16H19BClFN2O2S. The number of hydrogen-bond donors (Lipinski definition) is 1. The Hall–Kier alpha value is -1.15. The van der Waals surface area contributed by atoms with E-state index in [1.807, 2.05) is 27.7 Å². The highest BCUT2D eigenvalue weighted by molar-refractivity contribution is 7.15. The predicted octanol–water partition coefficient (Wildman–Crippen LogP) is 3.85. The molecule has 24 heavy (non-hydrogen) atoms. The summed E-state index contributed by atoms with van der Waals surface area (Å²) in [4.78, 5) is 5.00. The number of thiazole rings is 1. The fraction of sp³-hybridized carbons (Fsp3) is 0.438. The third kappa shape index (κ3) is 3.44. The quantitative estimate of drug-likeness (QED) is 0.833. The Morgan fingerprint density at radius 3 is 2.50 bits per heavy atom. The van der Waals surface area contributed by atoms with Gasteiger partial charge < -0.3 is 14.6 Å². The number of nitrogens with one attached hydrogen (secondary N) is 1. The van der Waals surface area contributed by atoms with Crippen molar-refractivity contribution in [2.45, 2.75) is 45.4 Å². The van der Waals surface area contributed by atoms with E-state index in [0.717, 1.165) is 10.6 Å². The summed E-state index contributed by atoms with van der Waals surface area (Å²) >= 11 is 7.23. The van der Waals surface area contributed by atoms with Crippen molar-refractivity contribution in [1.29, 1.82) is 0 Å². The van der Waals surface area contributed by atoms with Gasteiger partial charge in [0.25, 0.3) is 0 Å². The molecule has 1 saturated heterocycles. The zero-order chi connectivity index (χ0) is 17.5. The smallest absolute Gasteiger partial charge is 0.399 e. The third-order valence-electron chi connectivity index (χ3n) is 4.50. The van der Waals surface area contributed by atoms with Crippen LogP contribution >= 0.6 is 22.9 Å². The van der Waals surface area contributed by atoms with Crippen molar-refractivity contribution in [3.05, 3.63) is 39.6 Å². The van der Waals surface area contributed by atoms with Gasteiger partial charge in [0, 0.05) is 22.2 Å². The molecule has 0 bridgehead atoms. The first kappa shape index (κ1) is 17.7. The van der Waals surface area contributed by atoms with Crippen LogP contribution in [0.15, 0.2) is 24.4 Å². The van der Waals surface area contributed by atoms with Gasteiger partial charge in [0.15, 0.2) is 4.47 Å². The van der Waals surface area contributed by atoms with Gasteiger partial charge in [-0.2, -0.15) is 0 Å². The number of halogens is 2. The van der Waals surface area contributed by atoms with E-state index in [1.165, 1.54) is 17.4 Å². The molecule has 0 amide bonds. The topological polar surface area (TPSA) is 43.4 Å². The lowest BCUT2D eigenvalue weighted by atomic mass is 9.78. The summed E-state index contributed by atoms with van der Waals surface area (Å²) in [7, 11) is -0.727. The second-order valence-electron chi connectivity index (χ2n) is 6.76. The second kappa shape index (κ2) is 6.30. The first-order valence-corrected chi connectivity index (χ1v) is 8.86. The number of nitrogens with zero attached hydrogens (tertiary/aromatic N) is 1. The Morgan fingerprint density at radius 2 is 1.92 bits per heavy atom. The van der Waals surface area contributed by atoms with Gasteiger partial charge in [-0.15, -0.1) is 11.3 Å². The van der Waals surface area contributed by atoms with Gasteiger partial charge in [-0.3, -0.25) is 0 Å². The minimum absolute atomic E-state index is 0.347. The minimum atomic E-state index is -0.727. The molecule has 4 nitrogen and oxygen atoms in total. The fourth-order valence-corrected chi connectivity index (χ4v) is 3.28. The van der Waals surface area contributed by atoms with E-state index in [2.05, 4.69) is 10.3 Å². The monoisotopic (exact) mass is 368 g/mol. The normalized spacial score (nSPS) is 18.8. The molecule has 1 fully saturated rings. The van der Waals surface area contributed by atoms with Crippen LogP contribution in [0.4, 0.5) is 10.1 Å². The van der Waals surface area contributed by atoms with Crippen LogP contribution in [0.25, 0.3) is 0 Å². The highest BCUT2D eigenvalue weighted by Gasteiger charge is 2.52. The lowest BCUT2D eigenvalue weighted by Gasteiger charge is -2.32. The average Bonchev–Trinajstić information content (AvgIpc) is 2.99. The maximum absolute atomic E-state index is 14.3. The Morgan fingerprint density at radius 1 is 1.25 bits per heavy atom. The molecule has 0 unspecified atom stereocenters. The summed E-state index contributed by atoms with van der Waals surface area (Å²) in [5.74, 6) is -0.347. The summed E-state index contributed by atoms with van der Waals surface area (Å²) in [5.41, 5.74) is 0.159. The number of rotatable bonds is 4. The molecule has 3 rings (SSSR count). The molecule has 1 aromatic carbocycles. The summed E-state index contributed by atoms with van der Waals surface area (Å²) in [5, 5.41) is 3.24. The molecule has 0 atom stereocenters. The maximum Gasteiger partial charge on any atom is 0.497 e. The Balaban J connectivity index is 1.77. The number of anilines is 1. The second-order valence-corrected chi connectivity index (χ2v) is 8.45. The van der Waals surface area contributed by atoms with Gasteiger partial charge in [0.05, 0.1) is 17.7 Å². The number of hydrogen-bond acceptors (Lipinski definition) is 5. The number of benzene rings is 1. The van der Waals surface area contributed by atoms with Gasteiger partial charge in [0.1, 0.15) is 5.82 Å². The molecule has 2 heterocycles. The largest absolute Gasteiger partial charge is 0.497 e. The van der Waals surface area contributed by atoms with Crippen molar-refractivity contribution in [3.8, 4) is 0 Å². The van der Waals surface area contributed by atoms with Crippen molar-refractivity contribution >= 4 is 41.2 Å². The molecule has 1 N–H and O–H groups in total. The van der Waals surface area contributed by atoms with Crippen molar-refractivity contribution in [2.75, 3.05) is 5.32 Å². The average molecular weight is 369 g/mol. The molecule has 0 aliphatic carbocycles. The molecule has 0 spiro atoms. The molecule has 2 aromatic rings. The Bertz CT molecular complexity index is 737. The standard InChI is InChI=1S/C16H19BClFN2O2S/c1-15(2)16(3,4)23-17(22-15)12-7-10(5-6-13(12)19)20-8-11-9-21-14(18)24-11/h5-7,9,20H,8H2,1-4H3. The van der Waals surface area contributed by atoms with Crippen LogP contribution in [0.5, 0.6) is 0 Å². The van der Waals surface area contributed by atoms with E-state index in [0.29, 0.717) is 16.5 Å². The van der Waals surface area contributed by atoms with Crippen LogP contribution in [-0.2, 0) is 15.9 Å². The Kier molecular flexibility index (Phi) is 4.64. The van der Waals surface area contributed by atoms with Crippen LogP contribution in [0, 0.1) is 5.82 Å². The highest BCUT2D eigenvalue weighted by atomic mass is 35.5. The molecule has 0 radical (unpaired) electrons. The fourth-order valence-electron chi connectivity index (χ4n) is 2.36. The Labute approximate surface area is 150 Å². The number of aromatic nitrogens is 1. The summed E-state index contributed by atoms with van der Waals surface area (Å²) in [6, 6.07) is 4.83. The van der Waals surface area contributed by atoms with Gasteiger partial charge in [0.2, 0.25) is 0 Å². The van der Waals surface area contributed by atoms with E-state index in [9.17, 15) is 4.39 Å². The lowest BCUT2D eigenvalue weighted by molar-refractivity contribution is 0.00578. The molecular weight excluding hydrogens is 350 g/mol. The first-order chi connectivity index (χ1) is 11.2. The van der Waals surface area contributed by atoms with Crippen LogP contribution in [0.3, 0.4) is 0 Å². The van der Waals surface area contributed by atoms with E-state index in [4.69, 9.17) is 20.9 Å². The molecule has 1 aromatic heterocycles. The molecule has 0 saturated carbocycles. The summed E-state index contributed by atoms with van der Waals surface area (Å²) in [6.45, 7) is 8.35. The maximum atomic E-state index is 14.3. The van der Waals surface area contributed by atoms with Crippen molar-refractivity contribution in [2.24, 2.45) is 0 Å². The van der Waals surface area contributed by atoms with Crippen LogP contribution in [-0.4, -0.2) is 23.3 Å². The van der Waals surface area contributed by atoms with Gasteiger partial charge in [-0.1, -0.05) is 11.6 Å². The van der Waals surface area contributed by atoms with Crippen LogP contribution in [0.2, 0.25) is 4.47 Å². The zero-order valence-electron chi connectivity index (χ0n) is 14.0. The molecule has 1 aliphatic rings. The first-order valence-electron chi connectivity index (χ1n) is 7.67. The van der Waals surface area contributed by atoms with E-state index >= 15 is 0 Å². The third-order valence-corrected chi connectivity index (χ3v) is 5.61. The van der Waals surface area contributed by atoms with Crippen LogP contribution < -0.4 is 10.8 Å². The molecule has 8 heteroatoms. The summed E-state index contributed by atoms with van der Waals surface area (Å²) < 4.78 is 26.7. The van der Waals surface area contributed by atoms with Gasteiger partial charge in [-0.25, -0.2) is 9.37 Å². The van der Waals surface area contributed by atoms with Crippen LogP contribution in [0.1, 0.15) is 32.6 Å². The minimum Gasteiger partial charge on any atom is -0.399 e. The predicted molar refractivity (Wildman–Crippen MR) is 96.6 cm³/mol. The highest BCUT2D eigenvalue weighted by Crippen LogP contribution is 2.36. The van der Waals surface area contributed by atoms with Crippen molar-refractivity contribution in [1.82, 2.24) is 4.98 Å². The van der Waals surface area contributed by atoms with E-state index in [1.54, 1.807) is 18.3 Å². The van der Waals surface area contributed by atoms with Crippen molar-refractivity contribution < 1.29 is 13.7 Å². The van der Waals surface area contributed by atoms with Crippen molar-refractivity contribution in [3.63, 3.8) is 0 Å². The zero-order valence-corrected chi connectivity index (χ0v) is 15.6. The lowest BCUT2D eigenvalue weighted by Crippen LogP contribution is -2.41. The summed E-state index contributed by atoms with van der Waals surface area (Å²) in [6.07, 6.45) is 1.72. The van der Waals surface area contributed by atoms with E-state index < -0.39 is 18.3 Å².